The van der Waals surface area contributed by atoms with Crippen LogP contribution in [0, 0.1) is 5.92 Å². The van der Waals surface area contributed by atoms with Crippen LogP contribution in [0.5, 0.6) is 11.5 Å². The first-order valence-electron chi connectivity index (χ1n) is 7.77. The van der Waals surface area contributed by atoms with Crippen LogP contribution in [0.4, 0.5) is 5.69 Å². The van der Waals surface area contributed by atoms with Gasteiger partial charge < -0.3 is 19.3 Å². The summed E-state index contributed by atoms with van der Waals surface area (Å²) in [4.78, 5) is 16.8. The number of nitrogens with zero attached hydrogens (tertiary/aromatic N) is 2. The number of carbonyl (C=O) groups excluding carboxylic acids is 1. The van der Waals surface area contributed by atoms with E-state index in [1.54, 1.807) is 14.2 Å². The highest BCUT2D eigenvalue weighted by Crippen LogP contribution is 2.41. The molecule has 3 rings (SSSR count). The number of amides is 1. The third kappa shape index (κ3) is 3.40. The second-order valence-corrected chi connectivity index (χ2v) is 6.38. The van der Waals surface area contributed by atoms with Crippen molar-refractivity contribution < 1.29 is 14.3 Å². The molecule has 0 bridgehead atoms. The molecular formula is C17H25ClN2O3. The number of benzene rings is 1. The van der Waals surface area contributed by atoms with Crippen molar-refractivity contribution in [1.29, 1.82) is 0 Å². The van der Waals surface area contributed by atoms with Crippen molar-refractivity contribution in [3.8, 4) is 11.5 Å². The van der Waals surface area contributed by atoms with E-state index in [0.717, 1.165) is 42.8 Å². The molecule has 1 aliphatic carbocycles. The second-order valence-electron chi connectivity index (χ2n) is 6.38. The summed E-state index contributed by atoms with van der Waals surface area (Å²) in [5.74, 6) is 1.86. The number of anilines is 1. The highest BCUT2D eigenvalue weighted by molar-refractivity contribution is 5.98. The van der Waals surface area contributed by atoms with Gasteiger partial charge in [0.05, 0.1) is 19.9 Å². The highest BCUT2D eigenvalue weighted by Gasteiger charge is 2.38. The maximum absolute atomic E-state index is 12.7. The lowest BCUT2D eigenvalue weighted by Gasteiger charge is -2.38. The number of hydrogen-bond acceptors (Lipinski definition) is 4. The lowest BCUT2D eigenvalue weighted by molar-refractivity contribution is -0.120. The van der Waals surface area contributed by atoms with E-state index >= 15 is 0 Å². The van der Waals surface area contributed by atoms with Gasteiger partial charge in [-0.25, -0.2) is 0 Å². The second kappa shape index (κ2) is 6.97. The van der Waals surface area contributed by atoms with Crippen LogP contribution < -0.4 is 14.4 Å². The molecule has 128 valence electrons. The van der Waals surface area contributed by atoms with Gasteiger partial charge in [0.1, 0.15) is 0 Å². The zero-order valence-corrected chi connectivity index (χ0v) is 15.0. The Hall–Kier alpha value is -1.46. The standard InChI is InChI=1S/C17H24N2O3.ClH/c1-18(2)13-7-12-8-15(21-3)16(22-4)9-14(12)19(10-13)17(20)11-5-6-11;/h8-9,11,13H,5-7,10H2,1-4H3;1H. The molecule has 1 saturated carbocycles. The smallest absolute Gasteiger partial charge is 0.230 e. The van der Waals surface area contributed by atoms with Crippen LogP contribution in [0.3, 0.4) is 0 Å². The summed E-state index contributed by atoms with van der Waals surface area (Å²) >= 11 is 0. The van der Waals surface area contributed by atoms with Gasteiger partial charge in [-0.15, -0.1) is 12.4 Å². The van der Waals surface area contributed by atoms with Crippen molar-refractivity contribution in [3.05, 3.63) is 17.7 Å². The third-order valence-electron chi connectivity index (χ3n) is 4.65. The lowest BCUT2D eigenvalue weighted by atomic mass is 9.96. The molecule has 1 amide bonds. The Morgan fingerprint density at radius 3 is 2.30 bits per heavy atom. The van der Waals surface area contributed by atoms with Crippen LogP contribution in [0.15, 0.2) is 12.1 Å². The molecule has 0 saturated heterocycles. The Balaban J connectivity index is 0.00000192. The number of hydrogen-bond donors (Lipinski definition) is 0. The summed E-state index contributed by atoms with van der Waals surface area (Å²) in [6.45, 7) is 0.741. The molecule has 0 radical (unpaired) electrons. The van der Waals surface area contributed by atoms with Gasteiger partial charge in [0.15, 0.2) is 11.5 Å². The van der Waals surface area contributed by atoms with E-state index in [0.29, 0.717) is 11.8 Å². The largest absolute Gasteiger partial charge is 0.493 e. The minimum atomic E-state index is 0. The summed E-state index contributed by atoms with van der Waals surface area (Å²) in [5.41, 5.74) is 2.13. The average molecular weight is 341 g/mol. The van der Waals surface area contributed by atoms with Gasteiger partial charge in [-0.05, 0) is 45.0 Å². The van der Waals surface area contributed by atoms with Gasteiger partial charge >= 0.3 is 0 Å². The molecule has 1 fully saturated rings. The fourth-order valence-electron chi connectivity index (χ4n) is 3.06. The Morgan fingerprint density at radius 2 is 1.78 bits per heavy atom. The summed E-state index contributed by atoms with van der Waals surface area (Å²) in [6, 6.07) is 4.28. The molecule has 5 nitrogen and oxygen atoms in total. The predicted octanol–water partition coefficient (Wildman–Crippen LogP) is 2.35. The van der Waals surface area contributed by atoms with Crippen LogP contribution in [0.1, 0.15) is 18.4 Å². The number of methoxy groups -OCH3 is 2. The number of fused-ring (bicyclic) bond motifs is 1. The Morgan fingerprint density at radius 1 is 1.17 bits per heavy atom. The van der Waals surface area contributed by atoms with Crippen LogP contribution >= 0.6 is 12.4 Å². The fraction of sp³-hybridized carbons (Fsp3) is 0.588. The van der Waals surface area contributed by atoms with E-state index in [1.807, 2.05) is 17.0 Å². The monoisotopic (exact) mass is 340 g/mol. The van der Waals surface area contributed by atoms with Crippen LogP contribution in [0.25, 0.3) is 0 Å². The van der Waals surface area contributed by atoms with Crippen LogP contribution in [-0.2, 0) is 11.2 Å². The summed E-state index contributed by atoms with van der Waals surface area (Å²) in [6.07, 6.45) is 2.95. The maximum atomic E-state index is 12.7. The lowest BCUT2D eigenvalue weighted by Crippen LogP contribution is -2.48. The molecule has 1 heterocycles. The number of rotatable bonds is 4. The zero-order chi connectivity index (χ0) is 15.9. The van der Waals surface area contributed by atoms with E-state index in [9.17, 15) is 4.79 Å². The first-order chi connectivity index (χ1) is 10.5. The average Bonchev–Trinajstić information content (AvgIpc) is 3.36. The predicted molar refractivity (Wildman–Crippen MR) is 93.1 cm³/mol. The van der Waals surface area contributed by atoms with Gasteiger partial charge in [-0.3, -0.25) is 4.79 Å². The molecule has 0 aromatic heterocycles. The molecule has 1 aromatic carbocycles. The molecule has 1 aromatic rings. The molecule has 1 aliphatic heterocycles. The van der Waals surface area contributed by atoms with Crippen molar-refractivity contribution in [2.75, 3.05) is 39.8 Å². The molecule has 1 unspecified atom stereocenters. The number of carbonyl (C=O) groups is 1. The molecule has 2 aliphatic rings. The van der Waals surface area contributed by atoms with E-state index in [4.69, 9.17) is 9.47 Å². The Labute approximate surface area is 143 Å². The van der Waals surface area contributed by atoms with Crippen molar-refractivity contribution in [2.45, 2.75) is 25.3 Å². The minimum absolute atomic E-state index is 0. The summed E-state index contributed by atoms with van der Waals surface area (Å²) < 4.78 is 10.8. The van der Waals surface area contributed by atoms with Gasteiger partial charge in [0.2, 0.25) is 5.91 Å². The fourth-order valence-corrected chi connectivity index (χ4v) is 3.06. The summed E-state index contributed by atoms with van der Waals surface area (Å²) in [5, 5.41) is 0. The zero-order valence-electron chi connectivity index (χ0n) is 14.2. The number of likely N-dealkylation sites (N-methyl/N-ethyl adjacent to an activating group) is 1. The number of halogens is 1. The van der Waals surface area contributed by atoms with Crippen molar-refractivity contribution >= 4 is 24.0 Å². The summed E-state index contributed by atoms with van der Waals surface area (Å²) in [7, 11) is 7.40. The van der Waals surface area contributed by atoms with E-state index in [2.05, 4.69) is 19.0 Å². The molecule has 0 N–H and O–H groups in total. The first-order valence-corrected chi connectivity index (χ1v) is 7.77. The topological polar surface area (TPSA) is 42.0 Å². The SMILES string of the molecule is COc1cc2c(cc1OC)N(C(=O)C1CC1)CC(N(C)C)C2.Cl. The van der Waals surface area contributed by atoms with E-state index < -0.39 is 0 Å². The van der Waals surface area contributed by atoms with Crippen LogP contribution in [-0.4, -0.2) is 51.7 Å². The minimum Gasteiger partial charge on any atom is -0.493 e. The number of ether oxygens (including phenoxy) is 2. The van der Waals surface area contributed by atoms with Crippen molar-refractivity contribution in [2.24, 2.45) is 5.92 Å². The van der Waals surface area contributed by atoms with Gasteiger partial charge in [0, 0.05) is 24.6 Å². The Kier molecular flexibility index (Phi) is 5.42. The van der Waals surface area contributed by atoms with Gasteiger partial charge in [0.25, 0.3) is 0 Å². The molecule has 23 heavy (non-hydrogen) atoms. The van der Waals surface area contributed by atoms with Gasteiger partial charge in [-0.1, -0.05) is 0 Å². The molecule has 6 heteroatoms. The normalized spacial score (nSPS) is 19.9. The highest BCUT2D eigenvalue weighted by atomic mass is 35.5. The molecular weight excluding hydrogens is 316 g/mol. The molecule has 1 atom stereocenters. The third-order valence-corrected chi connectivity index (χ3v) is 4.65. The van der Waals surface area contributed by atoms with Crippen LogP contribution in [0.2, 0.25) is 0 Å². The molecule has 0 spiro atoms. The van der Waals surface area contributed by atoms with Gasteiger partial charge in [-0.2, -0.15) is 0 Å². The van der Waals surface area contributed by atoms with E-state index in [-0.39, 0.29) is 24.2 Å². The van der Waals surface area contributed by atoms with Crippen molar-refractivity contribution in [1.82, 2.24) is 4.90 Å². The van der Waals surface area contributed by atoms with E-state index in [1.165, 1.54) is 0 Å². The Bertz CT molecular complexity index is 587. The first kappa shape index (κ1) is 17.9. The van der Waals surface area contributed by atoms with Crippen molar-refractivity contribution in [3.63, 3.8) is 0 Å². The quantitative estimate of drug-likeness (QED) is 0.843. The maximum Gasteiger partial charge on any atom is 0.230 e.